The number of rotatable bonds is 6. The van der Waals surface area contributed by atoms with Gasteiger partial charge in [-0.15, -0.1) is 0 Å². The Morgan fingerprint density at radius 3 is 2.08 bits per heavy atom. The van der Waals surface area contributed by atoms with Crippen molar-refractivity contribution < 1.29 is 29.0 Å². The van der Waals surface area contributed by atoms with Crippen molar-refractivity contribution >= 4 is 0 Å². The van der Waals surface area contributed by atoms with E-state index >= 15 is 0 Å². The molecule has 0 N–H and O–H groups in total. The van der Waals surface area contributed by atoms with E-state index in [-0.39, 0.29) is 0 Å². The van der Waals surface area contributed by atoms with Gasteiger partial charge in [-0.3, -0.25) is 4.90 Å². The molecule has 8 rings (SSSR count). The van der Waals surface area contributed by atoms with Crippen LogP contribution in [0.4, 0.5) is 0 Å². The van der Waals surface area contributed by atoms with Crippen LogP contribution in [0.3, 0.4) is 0 Å². The second-order valence-electron chi connectivity index (χ2n) is 12.3. The molecule has 5 saturated carbocycles. The summed E-state index contributed by atoms with van der Waals surface area (Å²) < 4.78 is 11.4. The Morgan fingerprint density at radius 2 is 1.44 bits per heavy atom. The molecule has 2 heterocycles. The van der Waals surface area contributed by atoms with Crippen molar-refractivity contribution in [1.82, 2.24) is 4.90 Å². The topological polar surface area (TPSA) is 58.6 Å². The van der Waals surface area contributed by atoms with Gasteiger partial charge in [-0.2, -0.15) is 19.6 Å². The molecule has 0 aromatic heterocycles. The van der Waals surface area contributed by atoms with E-state index in [0.717, 1.165) is 89.1 Å². The van der Waals surface area contributed by atoms with Crippen LogP contribution in [0, 0.1) is 23.7 Å². The van der Waals surface area contributed by atoms with Crippen LogP contribution in [0.5, 0.6) is 5.75 Å². The van der Waals surface area contributed by atoms with Gasteiger partial charge < -0.3 is 9.47 Å². The van der Waals surface area contributed by atoms with Crippen LogP contribution < -0.4 is 4.74 Å². The lowest BCUT2D eigenvalue weighted by Crippen LogP contribution is -2.64. The lowest BCUT2D eigenvalue weighted by Gasteiger charge is -2.60. The van der Waals surface area contributed by atoms with Crippen LogP contribution in [-0.2, 0) is 24.3 Å². The first-order valence-electron chi connectivity index (χ1n) is 14.5. The Balaban J connectivity index is 0.878. The summed E-state index contributed by atoms with van der Waals surface area (Å²) in [7, 11) is 0. The molecule has 7 nitrogen and oxygen atoms in total. The number of benzene rings is 1. The highest BCUT2D eigenvalue weighted by molar-refractivity contribution is 5.29. The van der Waals surface area contributed by atoms with Crippen molar-refractivity contribution in [2.45, 2.75) is 81.7 Å². The second kappa shape index (κ2) is 9.83. The van der Waals surface area contributed by atoms with Gasteiger partial charge in [0.15, 0.2) is 0 Å². The van der Waals surface area contributed by atoms with E-state index in [1.807, 2.05) is 0 Å². The Labute approximate surface area is 214 Å². The fourth-order valence-electron chi connectivity index (χ4n) is 8.12. The highest BCUT2D eigenvalue weighted by Crippen LogP contribution is 2.62. The van der Waals surface area contributed by atoms with Crippen molar-refractivity contribution in [3.63, 3.8) is 0 Å². The van der Waals surface area contributed by atoms with Crippen molar-refractivity contribution in [3.8, 4) is 5.75 Å². The molecule has 1 aromatic carbocycles. The minimum atomic E-state index is -0.750. The molecule has 198 valence electrons. The first kappa shape index (κ1) is 23.9. The van der Waals surface area contributed by atoms with E-state index in [9.17, 15) is 0 Å². The molecule has 36 heavy (non-hydrogen) atoms. The fourth-order valence-corrected chi connectivity index (χ4v) is 8.12. The van der Waals surface area contributed by atoms with Gasteiger partial charge in [0.05, 0.1) is 19.8 Å². The molecule has 5 aliphatic carbocycles. The normalized spacial score (nSPS) is 42.3. The molecule has 7 heteroatoms. The third kappa shape index (κ3) is 4.50. The summed E-state index contributed by atoms with van der Waals surface area (Å²) in [5, 5.41) is 0. The molecule has 0 radical (unpaired) electrons. The zero-order valence-electron chi connectivity index (χ0n) is 21.4. The van der Waals surface area contributed by atoms with Crippen molar-refractivity contribution in [1.29, 1.82) is 0 Å². The number of morpholine rings is 1. The average Bonchev–Trinajstić information content (AvgIpc) is 2.92. The zero-order valence-corrected chi connectivity index (χ0v) is 21.4. The summed E-state index contributed by atoms with van der Waals surface area (Å²) >= 11 is 0. The second-order valence-corrected chi connectivity index (χ2v) is 12.3. The molecule has 2 spiro atoms. The van der Waals surface area contributed by atoms with Crippen molar-refractivity contribution in [2.75, 3.05) is 39.5 Å². The van der Waals surface area contributed by atoms with E-state index in [1.165, 1.54) is 37.7 Å². The molecule has 2 saturated heterocycles. The van der Waals surface area contributed by atoms with E-state index in [2.05, 4.69) is 29.2 Å². The Morgan fingerprint density at radius 1 is 0.806 bits per heavy atom. The predicted molar refractivity (Wildman–Crippen MR) is 132 cm³/mol. The van der Waals surface area contributed by atoms with Crippen LogP contribution in [0.1, 0.15) is 75.7 Å². The molecule has 0 unspecified atom stereocenters. The largest absolute Gasteiger partial charge is 0.494 e. The number of hydrogen-bond acceptors (Lipinski definition) is 7. The van der Waals surface area contributed by atoms with Gasteiger partial charge in [0.25, 0.3) is 0 Å². The van der Waals surface area contributed by atoms with Crippen LogP contribution >= 0.6 is 0 Å². The summed E-state index contributed by atoms with van der Waals surface area (Å²) in [5.74, 6) is 2.58. The van der Waals surface area contributed by atoms with E-state index < -0.39 is 11.6 Å². The molecule has 4 bridgehead atoms. The van der Waals surface area contributed by atoms with Gasteiger partial charge in [-0.05, 0) is 86.8 Å². The molecule has 2 aliphatic heterocycles. The van der Waals surface area contributed by atoms with Gasteiger partial charge in [-0.1, -0.05) is 12.1 Å². The monoisotopic (exact) mass is 499 g/mol. The molecule has 1 aromatic rings. The summed E-state index contributed by atoms with van der Waals surface area (Å²) in [6.07, 6.45) is 10.8. The maximum absolute atomic E-state index is 6.20. The summed E-state index contributed by atoms with van der Waals surface area (Å²) in [4.78, 5) is 27.1. The Hall–Kier alpha value is -1.22. The first-order valence-corrected chi connectivity index (χ1v) is 14.5. The minimum absolute atomic E-state index is 0.419. The highest BCUT2D eigenvalue weighted by atomic mass is 17.4. The standard InChI is InChI=1S/C29H41NO6/c1(10-30-11-14-31-15-12-30)13-32-27-4-2-23(3-5-27)24-6-8-28(9-7-24)33-35-29(36-34-28)25-17-21-16-22(19-25)20-26(29)18-21/h2-5,21-22,24-26H,1,6-20H2. The van der Waals surface area contributed by atoms with Gasteiger partial charge in [-0.25, -0.2) is 0 Å². The minimum Gasteiger partial charge on any atom is -0.494 e. The van der Waals surface area contributed by atoms with Crippen LogP contribution in [0.15, 0.2) is 24.3 Å². The quantitative estimate of drug-likeness (QED) is 0.394. The van der Waals surface area contributed by atoms with Gasteiger partial charge in [0.2, 0.25) is 11.6 Å². The van der Waals surface area contributed by atoms with Crippen LogP contribution in [0.2, 0.25) is 0 Å². The fraction of sp³-hybridized carbons (Fsp3) is 0.793. The number of nitrogens with zero attached hydrogens (tertiary/aromatic N) is 1. The van der Waals surface area contributed by atoms with E-state index in [1.54, 1.807) is 0 Å². The third-order valence-electron chi connectivity index (χ3n) is 10.0. The maximum Gasteiger partial charge on any atom is 0.239 e. The lowest BCUT2D eigenvalue weighted by atomic mass is 9.53. The van der Waals surface area contributed by atoms with Crippen molar-refractivity contribution in [3.05, 3.63) is 29.8 Å². The third-order valence-corrected chi connectivity index (χ3v) is 10.0. The van der Waals surface area contributed by atoms with Gasteiger partial charge >= 0.3 is 0 Å². The zero-order chi connectivity index (χ0) is 24.0. The molecule has 7 fully saturated rings. The Bertz CT molecular complexity index is 852. The molecule has 7 aliphatic rings. The van der Waals surface area contributed by atoms with Crippen LogP contribution in [0.25, 0.3) is 0 Å². The summed E-state index contributed by atoms with van der Waals surface area (Å²) in [5.41, 5.74) is 1.36. The molecule has 0 atom stereocenters. The molecular formula is C29H41NO6. The van der Waals surface area contributed by atoms with Gasteiger partial charge in [0, 0.05) is 44.3 Å². The average molecular weight is 500 g/mol. The smallest absolute Gasteiger partial charge is 0.239 e. The first-order chi connectivity index (χ1) is 17.7. The molecular weight excluding hydrogens is 458 g/mol. The maximum atomic E-state index is 6.20. The summed E-state index contributed by atoms with van der Waals surface area (Å²) in [6, 6.07) is 8.67. The number of ether oxygens (including phenoxy) is 2. The number of hydrogen-bond donors (Lipinski definition) is 0. The van der Waals surface area contributed by atoms with E-state index in [4.69, 9.17) is 29.0 Å². The Kier molecular flexibility index (Phi) is 6.51. The summed E-state index contributed by atoms with van der Waals surface area (Å²) in [6.45, 7) is 5.60. The highest BCUT2D eigenvalue weighted by Gasteiger charge is 2.64. The van der Waals surface area contributed by atoms with Crippen LogP contribution in [-0.4, -0.2) is 55.9 Å². The van der Waals surface area contributed by atoms with Crippen molar-refractivity contribution in [2.24, 2.45) is 23.7 Å². The lowest BCUT2D eigenvalue weighted by molar-refractivity contribution is -0.680. The predicted octanol–water partition coefficient (Wildman–Crippen LogP) is 5.20. The SMILES string of the molecule is c1cc(C2CCC3(CC2)OOC2(OO3)C3CC4CC(C3)CC2C4)ccc1OCCCN1CCOCC1. The van der Waals surface area contributed by atoms with Gasteiger partial charge in [0.1, 0.15) is 5.75 Å². The van der Waals surface area contributed by atoms with E-state index in [0.29, 0.717) is 17.8 Å². The molecule has 0 amide bonds.